The lowest BCUT2D eigenvalue weighted by Crippen LogP contribution is -2.12. The molecular formula is C18H19N3O2S. The summed E-state index contributed by atoms with van der Waals surface area (Å²) in [7, 11) is 1.63. The van der Waals surface area contributed by atoms with E-state index >= 15 is 0 Å². The molecule has 5 nitrogen and oxygen atoms in total. The van der Waals surface area contributed by atoms with E-state index in [-0.39, 0.29) is 5.91 Å². The van der Waals surface area contributed by atoms with Crippen LogP contribution in [0.25, 0.3) is 10.2 Å². The summed E-state index contributed by atoms with van der Waals surface area (Å²) in [4.78, 5) is 18.3. The van der Waals surface area contributed by atoms with Crippen LogP contribution in [0.2, 0.25) is 0 Å². The third-order valence-electron chi connectivity index (χ3n) is 3.72. The van der Waals surface area contributed by atoms with Gasteiger partial charge in [-0.25, -0.2) is 4.98 Å². The van der Waals surface area contributed by atoms with E-state index in [0.717, 1.165) is 32.7 Å². The number of nitrogens with two attached hydrogens (primary N) is 1. The van der Waals surface area contributed by atoms with Gasteiger partial charge in [-0.15, -0.1) is 11.3 Å². The van der Waals surface area contributed by atoms with Crippen LogP contribution in [0, 0.1) is 13.8 Å². The Morgan fingerprint density at radius 3 is 2.67 bits per heavy atom. The number of anilines is 2. The van der Waals surface area contributed by atoms with Crippen LogP contribution in [0.15, 0.2) is 30.3 Å². The van der Waals surface area contributed by atoms with E-state index in [1.54, 1.807) is 7.11 Å². The molecule has 0 aliphatic carbocycles. The molecule has 124 valence electrons. The van der Waals surface area contributed by atoms with Gasteiger partial charge >= 0.3 is 0 Å². The average molecular weight is 341 g/mol. The van der Waals surface area contributed by atoms with Crippen molar-refractivity contribution >= 4 is 38.8 Å². The van der Waals surface area contributed by atoms with Crippen molar-refractivity contribution in [1.82, 2.24) is 4.98 Å². The van der Waals surface area contributed by atoms with E-state index in [1.165, 1.54) is 11.3 Å². The predicted octanol–water partition coefficient (Wildman–Crippen LogP) is 3.89. The topological polar surface area (TPSA) is 77.2 Å². The Hall–Kier alpha value is -2.44. The summed E-state index contributed by atoms with van der Waals surface area (Å²) in [5.74, 6) is -0.222. The monoisotopic (exact) mass is 341 g/mol. The molecule has 3 N–H and O–H groups in total. The Labute approximate surface area is 144 Å². The highest BCUT2D eigenvalue weighted by Crippen LogP contribution is 2.36. The molecule has 24 heavy (non-hydrogen) atoms. The van der Waals surface area contributed by atoms with Crippen molar-refractivity contribution < 1.29 is 9.53 Å². The van der Waals surface area contributed by atoms with Gasteiger partial charge in [0.25, 0.3) is 5.91 Å². The van der Waals surface area contributed by atoms with Gasteiger partial charge in [0, 0.05) is 23.9 Å². The lowest BCUT2D eigenvalue weighted by Gasteiger charge is -2.06. The summed E-state index contributed by atoms with van der Waals surface area (Å²) in [6.45, 7) is 4.35. The maximum atomic E-state index is 12.6. The highest BCUT2D eigenvalue weighted by molar-refractivity contribution is 7.21. The maximum Gasteiger partial charge on any atom is 0.267 e. The number of hydrogen-bond donors (Lipinski definition) is 2. The number of aromatic nitrogens is 1. The zero-order valence-corrected chi connectivity index (χ0v) is 14.7. The van der Waals surface area contributed by atoms with Crippen LogP contribution in [0.1, 0.15) is 26.5 Å². The summed E-state index contributed by atoms with van der Waals surface area (Å²) >= 11 is 1.30. The Morgan fingerprint density at radius 1 is 1.29 bits per heavy atom. The van der Waals surface area contributed by atoms with Crippen LogP contribution in [0.3, 0.4) is 0 Å². The molecule has 3 rings (SSSR count). The van der Waals surface area contributed by atoms with E-state index in [4.69, 9.17) is 10.5 Å². The SMILES string of the molecule is COCc1cc(C)nc2sc(C(=O)Nc3ccc(C)cc3)c(N)c12. The number of nitrogen functional groups attached to an aromatic ring is 1. The minimum absolute atomic E-state index is 0.222. The standard InChI is InChI=1S/C18H19N3O2S/c1-10-4-6-13(7-5-10)21-17(22)16-15(19)14-12(9-23-3)8-11(2)20-18(14)24-16/h4-8H,9,19H2,1-3H3,(H,21,22). The number of amides is 1. The van der Waals surface area contributed by atoms with E-state index < -0.39 is 0 Å². The fraction of sp³-hybridized carbons (Fsp3) is 0.222. The van der Waals surface area contributed by atoms with Crippen LogP contribution in [0.4, 0.5) is 11.4 Å². The molecule has 2 aromatic heterocycles. The van der Waals surface area contributed by atoms with Crippen molar-refractivity contribution in [3.05, 3.63) is 52.0 Å². The molecule has 0 radical (unpaired) electrons. The number of nitrogens with one attached hydrogen (secondary N) is 1. The molecule has 0 bridgehead atoms. The number of thiophene rings is 1. The number of hydrogen-bond acceptors (Lipinski definition) is 5. The number of pyridine rings is 1. The molecule has 0 atom stereocenters. The minimum atomic E-state index is -0.222. The fourth-order valence-electron chi connectivity index (χ4n) is 2.60. The van der Waals surface area contributed by atoms with Gasteiger partial charge in [-0.3, -0.25) is 4.79 Å². The van der Waals surface area contributed by atoms with Crippen molar-refractivity contribution in [2.45, 2.75) is 20.5 Å². The van der Waals surface area contributed by atoms with Gasteiger partial charge in [0.2, 0.25) is 0 Å². The van der Waals surface area contributed by atoms with Crippen molar-refractivity contribution in [3.63, 3.8) is 0 Å². The minimum Gasteiger partial charge on any atom is -0.397 e. The number of ether oxygens (including phenoxy) is 1. The van der Waals surface area contributed by atoms with E-state index in [0.29, 0.717) is 17.2 Å². The maximum absolute atomic E-state index is 12.6. The first-order valence-electron chi connectivity index (χ1n) is 7.55. The number of rotatable bonds is 4. The van der Waals surface area contributed by atoms with Crippen LogP contribution < -0.4 is 11.1 Å². The summed E-state index contributed by atoms with van der Waals surface area (Å²) < 4.78 is 5.24. The lowest BCUT2D eigenvalue weighted by atomic mass is 10.1. The molecule has 3 aromatic rings. The largest absolute Gasteiger partial charge is 0.397 e. The Kier molecular flexibility index (Phi) is 4.51. The number of aryl methyl sites for hydroxylation is 2. The summed E-state index contributed by atoms with van der Waals surface area (Å²) in [5.41, 5.74) is 10.4. The zero-order valence-electron chi connectivity index (χ0n) is 13.8. The quantitative estimate of drug-likeness (QED) is 0.754. The van der Waals surface area contributed by atoms with Gasteiger partial charge in [-0.05, 0) is 37.6 Å². The van der Waals surface area contributed by atoms with Crippen molar-refractivity contribution in [3.8, 4) is 0 Å². The van der Waals surface area contributed by atoms with Gasteiger partial charge in [-0.2, -0.15) is 0 Å². The third kappa shape index (κ3) is 3.11. The van der Waals surface area contributed by atoms with Crippen molar-refractivity contribution in [2.75, 3.05) is 18.2 Å². The molecule has 0 spiro atoms. The molecule has 0 unspecified atom stereocenters. The van der Waals surface area contributed by atoms with Crippen molar-refractivity contribution in [1.29, 1.82) is 0 Å². The third-order valence-corrected chi connectivity index (χ3v) is 4.82. The van der Waals surface area contributed by atoms with Gasteiger partial charge in [0.1, 0.15) is 9.71 Å². The van der Waals surface area contributed by atoms with Crippen LogP contribution >= 0.6 is 11.3 Å². The number of benzene rings is 1. The normalized spacial score (nSPS) is 11.0. The summed E-state index contributed by atoms with van der Waals surface area (Å²) in [5, 5.41) is 3.69. The van der Waals surface area contributed by atoms with Gasteiger partial charge in [-0.1, -0.05) is 17.7 Å². The van der Waals surface area contributed by atoms with Crippen LogP contribution in [0.5, 0.6) is 0 Å². The highest BCUT2D eigenvalue weighted by Gasteiger charge is 2.20. The number of carbonyl (C=O) groups excluding carboxylic acids is 1. The first-order chi connectivity index (χ1) is 11.5. The molecule has 0 aliphatic rings. The lowest BCUT2D eigenvalue weighted by molar-refractivity contribution is 0.103. The zero-order chi connectivity index (χ0) is 17.3. The molecule has 1 amide bonds. The predicted molar refractivity (Wildman–Crippen MR) is 98.6 cm³/mol. The van der Waals surface area contributed by atoms with Crippen LogP contribution in [-0.4, -0.2) is 18.0 Å². The Balaban J connectivity index is 2.00. The molecular weight excluding hydrogens is 322 g/mol. The number of methoxy groups -OCH3 is 1. The second kappa shape index (κ2) is 6.59. The fourth-order valence-corrected chi connectivity index (χ4v) is 3.68. The van der Waals surface area contributed by atoms with Crippen molar-refractivity contribution in [2.24, 2.45) is 0 Å². The van der Waals surface area contributed by atoms with E-state index in [1.807, 2.05) is 44.2 Å². The molecule has 6 heteroatoms. The Bertz CT molecular complexity index is 901. The second-order valence-electron chi connectivity index (χ2n) is 5.70. The van der Waals surface area contributed by atoms with Crippen LogP contribution in [-0.2, 0) is 11.3 Å². The summed E-state index contributed by atoms with van der Waals surface area (Å²) in [6.07, 6.45) is 0. The first-order valence-corrected chi connectivity index (χ1v) is 8.36. The molecule has 1 aromatic carbocycles. The molecule has 0 fully saturated rings. The van der Waals surface area contributed by atoms with E-state index in [2.05, 4.69) is 10.3 Å². The molecule has 0 aliphatic heterocycles. The van der Waals surface area contributed by atoms with Gasteiger partial charge in [0.05, 0.1) is 12.3 Å². The van der Waals surface area contributed by atoms with Gasteiger partial charge < -0.3 is 15.8 Å². The Morgan fingerprint density at radius 2 is 2.00 bits per heavy atom. The number of fused-ring (bicyclic) bond motifs is 1. The van der Waals surface area contributed by atoms with E-state index in [9.17, 15) is 4.79 Å². The molecule has 0 saturated heterocycles. The smallest absolute Gasteiger partial charge is 0.267 e. The molecule has 2 heterocycles. The highest BCUT2D eigenvalue weighted by atomic mass is 32.1. The number of carbonyl (C=O) groups is 1. The van der Waals surface area contributed by atoms with Gasteiger partial charge in [0.15, 0.2) is 0 Å². The molecule has 0 saturated carbocycles. The second-order valence-corrected chi connectivity index (χ2v) is 6.70. The summed E-state index contributed by atoms with van der Waals surface area (Å²) in [6, 6.07) is 9.58. The number of nitrogens with zero attached hydrogens (tertiary/aromatic N) is 1. The first kappa shape index (κ1) is 16.4. The average Bonchev–Trinajstić information content (AvgIpc) is 2.87.